The quantitative estimate of drug-likeness (QED) is 0.725. The summed E-state index contributed by atoms with van der Waals surface area (Å²) in [6.45, 7) is 8.00. The molecule has 1 unspecified atom stereocenters. The molecule has 0 amide bonds. The smallest absolute Gasteiger partial charge is 0.150 e. The highest BCUT2D eigenvalue weighted by Crippen LogP contribution is 2.31. The third kappa shape index (κ3) is 4.73. The molecule has 0 saturated heterocycles. The molecule has 0 fully saturated rings. The topological polar surface area (TPSA) is 34.1 Å². The van der Waals surface area contributed by atoms with Crippen LogP contribution >= 0.6 is 23.1 Å². The van der Waals surface area contributed by atoms with E-state index in [-0.39, 0.29) is 0 Å². The van der Waals surface area contributed by atoms with Gasteiger partial charge in [-0.05, 0) is 38.1 Å². The number of hydrogen-bond acceptors (Lipinski definition) is 5. The minimum atomic E-state index is 0.356. The lowest BCUT2D eigenvalue weighted by atomic mass is 10.0. The summed E-state index contributed by atoms with van der Waals surface area (Å²) in [7, 11) is 0. The highest BCUT2D eigenvalue weighted by molar-refractivity contribution is 8.00. The largest absolute Gasteiger partial charge is 0.494 e. The Bertz CT molecular complexity index is 543. The van der Waals surface area contributed by atoms with Crippen LogP contribution in [0.5, 0.6) is 5.75 Å². The monoisotopic (exact) mass is 322 g/mol. The second kappa shape index (κ2) is 8.41. The molecular formula is C16H22N2OS2. The van der Waals surface area contributed by atoms with Gasteiger partial charge in [0.05, 0.1) is 6.61 Å². The van der Waals surface area contributed by atoms with Gasteiger partial charge in [-0.3, -0.25) is 0 Å². The molecule has 0 saturated carbocycles. The van der Waals surface area contributed by atoms with Crippen LogP contribution in [0.3, 0.4) is 0 Å². The Labute approximate surface area is 135 Å². The number of nitrogens with zero attached hydrogens (tertiary/aromatic N) is 1. The van der Waals surface area contributed by atoms with E-state index in [0.717, 1.165) is 22.4 Å². The Balaban J connectivity index is 2.15. The van der Waals surface area contributed by atoms with Crippen molar-refractivity contribution in [2.45, 2.75) is 36.9 Å². The summed E-state index contributed by atoms with van der Waals surface area (Å²) in [5.74, 6) is 1.87. The molecular weight excluding hydrogens is 300 g/mol. The van der Waals surface area contributed by atoms with Crippen molar-refractivity contribution in [2.24, 2.45) is 0 Å². The molecule has 1 aromatic heterocycles. The van der Waals surface area contributed by atoms with Crippen LogP contribution in [0.4, 0.5) is 0 Å². The Morgan fingerprint density at radius 1 is 1.38 bits per heavy atom. The third-order valence-electron chi connectivity index (χ3n) is 3.16. The molecule has 3 nitrogen and oxygen atoms in total. The van der Waals surface area contributed by atoms with Gasteiger partial charge in [0, 0.05) is 28.9 Å². The number of nitrogens with one attached hydrogen (secondary N) is 1. The van der Waals surface area contributed by atoms with Gasteiger partial charge in [0.15, 0.2) is 0 Å². The van der Waals surface area contributed by atoms with Gasteiger partial charge < -0.3 is 10.1 Å². The maximum atomic E-state index is 5.75. The van der Waals surface area contributed by atoms with Gasteiger partial charge in [-0.1, -0.05) is 24.8 Å². The summed E-state index contributed by atoms with van der Waals surface area (Å²) in [5, 5.41) is 5.46. The molecule has 0 spiro atoms. The van der Waals surface area contributed by atoms with Crippen LogP contribution in [-0.4, -0.2) is 18.1 Å². The molecule has 1 aromatic carbocycles. The number of ether oxygens (including phenoxy) is 1. The molecule has 2 aromatic rings. The zero-order valence-electron chi connectivity index (χ0n) is 12.8. The first kappa shape index (κ1) is 16.3. The third-order valence-corrected chi connectivity index (χ3v) is 5.17. The van der Waals surface area contributed by atoms with Crippen molar-refractivity contribution >= 4 is 23.1 Å². The summed E-state index contributed by atoms with van der Waals surface area (Å²) in [6.07, 6.45) is 1.85. The van der Waals surface area contributed by atoms with E-state index in [4.69, 9.17) is 4.74 Å². The van der Waals surface area contributed by atoms with Gasteiger partial charge in [0.25, 0.3) is 0 Å². The number of hydrogen-bond donors (Lipinski definition) is 1. The highest BCUT2D eigenvalue weighted by Gasteiger charge is 2.10. The molecule has 0 aliphatic rings. The van der Waals surface area contributed by atoms with Gasteiger partial charge in [0.2, 0.25) is 0 Å². The van der Waals surface area contributed by atoms with Crippen molar-refractivity contribution in [3.05, 3.63) is 40.9 Å². The molecule has 0 aliphatic heterocycles. The molecule has 2 rings (SSSR count). The van der Waals surface area contributed by atoms with Gasteiger partial charge in [0.1, 0.15) is 10.1 Å². The maximum Gasteiger partial charge on any atom is 0.150 e. The number of thioether (sulfide) groups is 1. The van der Waals surface area contributed by atoms with Crippen LogP contribution in [-0.2, 0) is 5.75 Å². The molecule has 1 N–H and O–H groups in total. The van der Waals surface area contributed by atoms with E-state index in [2.05, 4.69) is 42.3 Å². The zero-order chi connectivity index (χ0) is 15.1. The summed E-state index contributed by atoms with van der Waals surface area (Å²) < 4.78 is 6.85. The summed E-state index contributed by atoms with van der Waals surface area (Å²) in [6, 6.07) is 6.84. The van der Waals surface area contributed by atoms with Gasteiger partial charge in [-0.2, -0.15) is 0 Å². The Morgan fingerprint density at radius 2 is 2.24 bits per heavy atom. The van der Waals surface area contributed by atoms with Crippen LogP contribution in [0, 0.1) is 0 Å². The zero-order valence-corrected chi connectivity index (χ0v) is 14.4. The van der Waals surface area contributed by atoms with E-state index in [1.54, 1.807) is 23.1 Å². The summed E-state index contributed by atoms with van der Waals surface area (Å²) in [4.78, 5) is 4.32. The van der Waals surface area contributed by atoms with E-state index in [0.29, 0.717) is 12.6 Å². The number of aromatic nitrogens is 1. The predicted octanol–water partition coefficient (Wildman–Crippen LogP) is 4.50. The Kier molecular flexibility index (Phi) is 6.54. The normalized spacial score (nSPS) is 12.3. The first-order valence-corrected chi connectivity index (χ1v) is 9.12. The molecule has 0 radical (unpaired) electrons. The predicted molar refractivity (Wildman–Crippen MR) is 91.4 cm³/mol. The van der Waals surface area contributed by atoms with Crippen LogP contribution in [0.1, 0.15) is 37.9 Å². The molecule has 0 bridgehead atoms. The second-order valence-corrected chi connectivity index (χ2v) is 6.78. The average molecular weight is 322 g/mol. The Morgan fingerprint density at radius 3 is 2.90 bits per heavy atom. The van der Waals surface area contributed by atoms with Gasteiger partial charge in [-0.25, -0.2) is 4.98 Å². The molecule has 0 aliphatic carbocycles. The molecule has 114 valence electrons. The molecule has 21 heavy (non-hydrogen) atoms. The van der Waals surface area contributed by atoms with E-state index in [9.17, 15) is 0 Å². The fraction of sp³-hybridized carbons (Fsp3) is 0.438. The van der Waals surface area contributed by atoms with Crippen molar-refractivity contribution < 1.29 is 4.74 Å². The van der Waals surface area contributed by atoms with E-state index in [1.165, 1.54) is 11.1 Å². The van der Waals surface area contributed by atoms with Crippen molar-refractivity contribution in [2.75, 3.05) is 13.2 Å². The lowest BCUT2D eigenvalue weighted by molar-refractivity contribution is 0.337. The minimum Gasteiger partial charge on any atom is -0.494 e. The van der Waals surface area contributed by atoms with E-state index >= 15 is 0 Å². The fourth-order valence-electron chi connectivity index (χ4n) is 2.12. The van der Waals surface area contributed by atoms with Gasteiger partial charge >= 0.3 is 0 Å². The van der Waals surface area contributed by atoms with E-state index < -0.39 is 0 Å². The first-order chi connectivity index (χ1) is 10.2. The molecule has 1 atom stereocenters. The average Bonchev–Trinajstić information content (AvgIpc) is 3.00. The highest BCUT2D eigenvalue weighted by atomic mass is 32.2. The second-order valence-electron chi connectivity index (χ2n) is 4.67. The Hall–Kier alpha value is -1.04. The summed E-state index contributed by atoms with van der Waals surface area (Å²) >= 11 is 3.44. The van der Waals surface area contributed by atoms with Crippen LogP contribution in [0.15, 0.2) is 34.1 Å². The lowest BCUT2D eigenvalue weighted by Gasteiger charge is -2.16. The van der Waals surface area contributed by atoms with Crippen LogP contribution in [0.25, 0.3) is 0 Å². The number of thiazole rings is 1. The molecule has 5 heteroatoms. The lowest BCUT2D eigenvalue weighted by Crippen LogP contribution is -2.17. The maximum absolute atomic E-state index is 5.75. The van der Waals surface area contributed by atoms with Gasteiger partial charge in [-0.15, -0.1) is 11.3 Å². The van der Waals surface area contributed by atoms with Crippen molar-refractivity contribution in [1.29, 1.82) is 0 Å². The van der Waals surface area contributed by atoms with Crippen molar-refractivity contribution in [3.8, 4) is 5.75 Å². The van der Waals surface area contributed by atoms with Crippen molar-refractivity contribution in [3.63, 3.8) is 0 Å². The SMILES string of the molecule is CCNC(C)c1ccc(OCC)c(CSc2nccs2)c1. The fourth-order valence-corrected chi connectivity index (χ4v) is 3.74. The number of benzene rings is 1. The standard InChI is InChI=1S/C16H22N2OS2/c1-4-17-12(3)13-6-7-15(19-5-2)14(10-13)11-21-16-18-8-9-20-16/h6-10,12,17H,4-5,11H2,1-3H3. The van der Waals surface area contributed by atoms with Crippen LogP contribution in [0.2, 0.25) is 0 Å². The number of rotatable bonds is 8. The molecule has 1 heterocycles. The van der Waals surface area contributed by atoms with Crippen molar-refractivity contribution in [1.82, 2.24) is 10.3 Å². The van der Waals surface area contributed by atoms with E-state index in [1.807, 2.05) is 18.5 Å². The first-order valence-electron chi connectivity index (χ1n) is 7.25. The van der Waals surface area contributed by atoms with Crippen LogP contribution < -0.4 is 10.1 Å². The summed E-state index contributed by atoms with van der Waals surface area (Å²) in [5.41, 5.74) is 2.54. The minimum absolute atomic E-state index is 0.356.